The lowest BCUT2D eigenvalue weighted by Gasteiger charge is -2.18. The first-order valence-electron chi connectivity index (χ1n) is 12.0. The number of fused-ring (bicyclic) bond motifs is 1. The molecule has 2 aromatic heterocycles. The van der Waals surface area contributed by atoms with Gasteiger partial charge >= 0.3 is 0 Å². The number of aromatic nitrogens is 3. The number of hydrogen-bond donors (Lipinski definition) is 1. The maximum Gasteiger partial charge on any atom is 0.0914 e. The first-order valence-corrected chi connectivity index (χ1v) is 12.8. The molecule has 0 saturated heterocycles. The van der Waals surface area contributed by atoms with Gasteiger partial charge in [0.15, 0.2) is 0 Å². The highest BCUT2D eigenvalue weighted by molar-refractivity contribution is 9.10. The smallest absolute Gasteiger partial charge is 0.0914 e. The minimum Gasteiger partial charge on any atom is -0.389 e. The number of aryl methyl sites for hydroxylation is 3. The fourth-order valence-corrected chi connectivity index (χ4v) is 5.46. The van der Waals surface area contributed by atoms with Crippen molar-refractivity contribution in [3.63, 3.8) is 0 Å². The van der Waals surface area contributed by atoms with Gasteiger partial charge in [-0.25, -0.2) is 0 Å². The molecule has 0 saturated carbocycles. The molecule has 0 aliphatic rings. The highest BCUT2D eigenvalue weighted by Gasteiger charge is 2.23. The van der Waals surface area contributed by atoms with E-state index in [1.165, 1.54) is 33.2 Å². The zero-order valence-corrected chi connectivity index (χ0v) is 22.2. The summed E-state index contributed by atoms with van der Waals surface area (Å²) >= 11 is 3.61. The van der Waals surface area contributed by atoms with Gasteiger partial charge in [-0.2, -0.15) is 5.10 Å². The average Bonchev–Trinajstić information content (AvgIpc) is 3.29. The van der Waals surface area contributed by atoms with Crippen LogP contribution in [-0.4, -0.2) is 25.6 Å². The average molecular weight is 528 g/mol. The van der Waals surface area contributed by atoms with E-state index in [-0.39, 0.29) is 0 Å². The van der Waals surface area contributed by atoms with Crippen LogP contribution in [0, 0.1) is 27.7 Å². The quantitative estimate of drug-likeness (QED) is 0.253. The van der Waals surface area contributed by atoms with E-state index in [2.05, 4.69) is 106 Å². The van der Waals surface area contributed by atoms with Crippen molar-refractivity contribution in [2.45, 2.75) is 46.9 Å². The van der Waals surface area contributed by atoms with Crippen LogP contribution in [0.1, 0.15) is 22.5 Å². The van der Waals surface area contributed by atoms with Crippen LogP contribution in [0.15, 0.2) is 77.3 Å². The Bertz CT molecular complexity index is 1500. The first kappa shape index (κ1) is 23.6. The Hall–Kier alpha value is -3.15. The van der Waals surface area contributed by atoms with Gasteiger partial charge in [-0.05, 0) is 66.4 Å². The minimum absolute atomic E-state index is 0.428. The lowest BCUT2D eigenvalue weighted by molar-refractivity contribution is 0.131. The Morgan fingerprint density at radius 3 is 2.09 bits per heavy atom. The summed E-state index contributed by atoms with van der Waals surface area (Å²) in [4.78, 5) is 0. The molecule has 0 spiro atoms. The molecular weight excluding hydrogens is 498 g/mol. The second-order valence-corrected chi connectivity index (χ2v) is 10.2. The van der Waals surface area contributed by atoms with Crippen molar-refractivity contribution in [2.24, 2.45) is 0 Å². The summed E-state index contributed by atoms with van der Waals surface area (Å²) in [6.07, 6.45) is -0.609. The molecule has 5 aromatic rings. The highest BCUT2D eigenvalue weighted by atomic mass is 79.9. The Balaban J connectivity index is 1.72. The third-order valence-corrected chi connectivity index (χ3v) is 7.82. The van der Waals surface area contributed by atoms with Gasteiger partial charge in [-0.3, -0.25) is 4.68 Å². The van der Waals surface area contributed by atoms with E-state index in [4.69, 9.17) is 0 Å². The fraction of sp³-hybridized carbons (Fsp3) is 0.233. The Morgan fingerprint density at radius 1 is 0.857 bits per heavy atom. The van der Waals surface area contributed by atoms with E-state index in [1.807, 2.05) is 24.6 Å². The normalized spacial score (nSPS) is 12.4. The second kappa shape index (κ2) is 9.48. The molecule has 0 aliphatic carbocycles. The number of benzene rings is 3. The largest absolute Gasteiger partial charge is 0.389 e. The predicted molar refractivity (Wildman–Crippen MR) is 148 cm³/mol. The second-order valence-electron chi connectivity index (χ2n) is 9.36. The highest BCUT2D eigenvalue weighted by Crippen LogP contribution is 2.42. The van der Waals surface area contributed by atoms with Gasteiger partial charge in [0.1, 0.15) is 0 Å². The van der Waals surface area contributed by atoms with Crippen molar-refractivity contribution in [3.8, 4) is 22.4 Å². The van der Waals surface area contributed by atoms with E-state index in [9.17, 15) is 5.11 Å². The lowest BCUT2D eigenvalue weighted by Crippen LogP contribution is -2.24. The molecule has 0 radical (unpaired) electrons. The summed E-state index contributed by atoms with van der Waals surface area (Å²) in [6.45, 7) is 9.21. The molecule has 2 heterocycles. The molecule has 35 heavy (non-hydrogen) atoms. The monoisotopic (exact) mass is 527 g/mol. The Kier molecular flexibility index (Phi) is 6.39. The van der Waals surface area contributed by atoms with Gasteiger partial charge in [-0.1, -0.05) is 72.3 Å². The molecule has 1 atom stereocenters. The summed E-state index contributed by atoms with van der Waals surface area (Å²) in [5.41, 5.74) is 10.2. The predicted octanol–water partition coefficient (Wildman–Crippen LogP) is 7.23. The standard InChI is InChI=1S/C30H30BrN3O/c1-19-15-20(2)29-26(16-19)27(23-11-7-5-8-12-23)30(24-13-9-6-10-14-24)33(29)17-25(35)18-34-22(4)28(31)21(3)32-34/h5-16,25,35H,17-18H2,1-4H3. The molecule has 0 fully saturated rings. The Morgan fingerprint density at radius 2 is 1.49 bits per heavy atom. The molecular formula is C30H30BrN3O. The number of halogens is 1. The summed E-state index contributed by atoms with van der Waals surface area (Å²) in [5.74, 6) is 0. The number of hydrogen-bond acceptors (Lipinski definition) is 2. The molecule has 5 heteroatoms. The summed E-state index contributed by atoms with van der Waals surface area (Å²) in [6, 6.07) is 25.6. The van der Waals surface area contributed by atoms with E-state index in [1.54, 1.807) is 0 Å². The van der Waals surface area contributed by atoms with Crippen LogP contribution < -0.4 is 0 Å². The van der Waals surface area contributed by atoms with Gasteiger partial charge in [0.2, 0.25) is 0 Å². The zero-order chi connectivity index (χ0) is 24.7. The van der Waals surface area contributed by atoms with Crippen LogP contribution in [0.5, 0.6) is 0 Å². The SMILES string of the molecule is Cc1cc(C)c2c(c1)c(-c1ccccc1)c(-c1ccccc1)n2CC(O)Cn1nc(C)c(Br)c1C. The van der Waals surface area contributed by atoms with Gasteiger partial charge < -0.3 is 9.67 Å². The molecule has 1 unspecified atom stereocenters. The molecule has 1 N–H and O–H groups in total. The van der Waals surface area contributed by atoms with E-state index < -0.39 is 6.10 Å². The van der Waals surface area contributed by atoms with Crippen LogP contribution in [-0.2, 0) is 13.1 Å². The molecule has 3 aromatic carbocycles. The number of aliphatic hydroxyl groups is 1. The lowest BCUT2D eigenvalue weighted by atomic mass is 9.97. The number of rotatable bonds is 6. The number of nitrogens with zero attached hydrogens (tertiary/aromatic N) is 3. The molecule has 4 nitrogen and oxygen atoms in total. The van der Waals surface area contributed by atoms with Gasteiger partial charge in [0.25, 0.3) is 0 Å². The van der Waals surface area contributed by atoms with Crippen molar-refractivity contribution in [3.05, 3.63) is 99.8 Å². The van der Waals surface area contributed by atoms with Crippen molar-refractivity contribution < 1.29 is 5.11 Å². The minimum atomic E-state index is -0.609. The van der Waals surface area contributed by atoms with Crippen molar-refractivity contribution >= 4 is 26.8 Å². The first-order chi connectivity index (χ1) is 16.8. The molecule has 0 bridgehead atoms. The van der Waals surface area contributed by atoms with Crippen LogP contribution in [0.4, 0.5) is 0 Å². The van der Waals surface area contributed by atoms with Crippen LogP contribution >= 0.6 is 15.9 Å². The molecule has 178 valence electrons. The van der Waals surface area contributed by atoms with Crippen molar-refractivity contribution in [1.82, 2.24) is 14.3 Å². The summed E-state index contributed by atoms with van der Waals surface area (Å²) in [7, 11) is 0. The molecule has 5 rings (SSSR count). The zero-order valence-electron chi connectivity index (χ0n) is 20.6. The summed E-state index contributed by atoms with van der Waals surface area (Å²) < 4.78 is 5.21. The van der Waals surface area contributed by atoms with Crippen LogP contribution in [0.3, 0.4) is 0 Å². The number of aliphatic hydroxyl groups excluding tert-OH is 1. The van der Waals surface area contributed by atoms with Crippen molar-refractivity contribution in [1.29, 1.82) is 0 Å². The molecule has 0 aliphatic heterocycles. The Labute approximate surface area is 215 Å². The van der Waals surface area contributed by atoms with Gasteiger partial charge in [-0.15, -0.1) is 0 Å². The van der Waals surface area contributed by atoms with E-state index in [0.717, 1.165) is 27.1 Å². The molecule has 0 amide bonds. The van der Waals surface area contributed by atoms with Crippen molar-refractivity contribution in [2.75, 3.05) is 0 Å². The summed E-state index contributed by atoms with van der Waals surface area (Å²) in [5, 5.41) is 17.2. The van der Waals surface area contributed by atoms with E-state index in [0.29, 0.717) is 13.1 Å². The maximum absolute atomic E-state index is 11.3. The van der Waals surface area contributed by atoms with Gasteiger partial charge in [0, 0.05) is 16.6 Å². The third-order valence-electron chi connectivity index (χ3n) is 6.67. The fourth-order valence-electron chi connectivity index (χ4n) is 5.18. The van der Waals surface area contributed by atoms with Crippen LogP contribution in [0.25, 0.3) is 33.3 Å². The van der Waals surface area contributed by atoms with E-state index >= 15 is 0 Å². The van der Waals surface area contributed by atoms with Crippen LogP contribution in [0.2, 0.25) is 0 Å². The third kappa shape index (κ3) is 4.35. The maximum atomic E-state index is 11.3. The topological polar surface area (TPSA) is 43.0 Å². The van der Waals surface area contributed by atoms with Gasteiger partial charge in [0.05, 0.1) is 40.6 Å².